The second-order valence-electron chi connectivity index (χ2n) is 9.51. The minimum atomic E-state index is -5.08. The fourth-order valence-corrected chi connectivity index (χ4v) is 4.76. The number of nitrogens with zero attached hydrogens (tertiary/aromatic N) is 2. The van der Waals surface area contributed by atoms with Crippen LogP contribution in [0.15, 0.2) is 42.5 Å². The number of carbonyl (C=O) groups excluding carboxylic acids is 1. The maximum atomic E-state index is 12.7. The smallest absolute Gasteiger partial charge is 0.490 e. The third kappa shape index (κ3) is 8.47. The Hall–Kier alpha value is -3.55. The van der Waals surface area contributed by atoms with Crippen LogP contribution in [0.2, 0.25) is 5.02 Å². The number of phenols is 1. The van der Waals surface area contributed by atoms with Crippen molar-refractivity contribution in [2.75, 3.05) is 31.1 Å². The molecule has 0 bridgehead atoms. The molecule has 0 saturated carbocycles. The van der Waals surface area contributed by atoms with Gasteiger partial charge in [0.25, 0.3) is 5.91 Å². The Bertz CT molecular complexity index is 1210. The first-order valence-electron chi connectivity index (χ1n) is 12.3. The van der Waals surface area contributed by atoms with Gasteiger partial charge in [-0.05, 0) is 48.7 Å². The first kappa shape index (κ1) is 31.0. The van der Waals surface area contributed by atoms with E-state index in [1.807, 2.05) is 9.80 Å². The van der Waals surface area contributed by atoms with E-state index >= 15 is 0 Å². The number of carbonyl (C=O) groups is 3. The van der Waals surface area contributed by atoms with E-state index in [2.05, 4.69) is 5.32 Å². The molecule has 2 saturated heterocycles. The van der Waals surface area contributed by atoms with Crippen molar-refractivity contribution in [3.05, 3.63) is 58.6 Å². The number of amides is 1. The normalized spacial score (nSPS) is 19.6. The number of aliphatic hydroxyl groups excluding tert-OH is 1. The molecule has 10 nitrogen and oxygen atoms in total. The number of hydrogen-bond acceptors (Lipinski definition) is 7. The van der Waals surface area contributed by atoms with Crippen molar-refractivity contribution >= 4 is 35.1 Å². The topological polar surface area (TPSA) is 151 Å². The second kappa shape index (κ2) is 13.2. The van der Waals surface area contributed by atoms with Gasteiger partial charge >= 0.3 is 18.1 Å². The van der Waals surface area contributed by atoms with Crippen LogP contribution in [0.3, 0.4) is 0 Å². The van der Waals surface area contributed by atoms with E-state index < -0.39 is 24.2 Å². The number of aromatic hydroxyl groups is 1. The number of rotatable bonds is 6. The molecule has 218 valence electrons. The van der Waals surface area contributed by atoms with Crippen LogP contribution in [0.1, 0.15) is 28.8 Å². The van der Waals surface area contributed by atoms with Crippen LogP contribution in [-0.2, 0) is 16.0 Å². The molecule has 0 radical (unpaired) electrons. The monoisotopic (exact) mass is 587 g/mol. The number of aliphatic carboxylic acids is 2. The number of piperidine rings is 1. The summed E-state index contributed by atoms with van der Waals surface area (Å²) in [6.45, 7) is 2.10. The number of carboxylic acids is 2. The summed E-state index contributed by atoms with van der Waals surface area (Å²) in [5.74, 6) is -3.65. The Kier molecular flexibility index (Phi) is 10.2. The van der Waals surface area contributed by atoms with Crippen molar-refractivity contribution in [3.8, 4) is 5.75 Å². The third-order valence-electron chi connectivity index (χ3n) is 6.61. The number of halogens is 4. The fourth-order valence-electron chi connectivity index (χ4n) is 4.63. The van der Waals surface area contributed by atoms with Gasteiger partial charge in [-0.2, -0.15) is 13.2 Å². The Morgan fingerprint density at radius 3 is 2.15 bits per heavy atom. The molecular formula is C26H29ClF3N3O7. The zero-order valence-corrected chi connectivity index (χ0v) is 21.9. The van der Waals surface area contributed by atoms with Gasteiger partial charge in [-0.15, -0.1) is 0 Å². The number of anilines is 1. The number of nitrogens with one attached hydrogen (secondary N) is 1. The minimum Gasteiger partial charge on any atom is -0.508 e. The van der Waals surface area contributed by atoms with Crippen LogP contribution in [0.25, 0.3) is 0 Å². The van der Waals surface area contributed by atoms with E-state index in [0.717, 1.165) is 12.8 Å². The SMILES string of the molecule is O=C(O)C(F)(F)F.O=C(O)Cc1ccc(O)cc1N1CC(NC2CCN(C(=O)c3ccc(Cl)cc3)CC2)[C@H](O)C1. The lowest BCUT2D eigenvalue weighted by atomic mass is 10.0. The molecule has 0 spiro atoms. The average molecular weight is 588 g/mol. The summed E-state index contributed by atoms with van der Waals surface area (Å²) in [5.41, 5.74) is 1.85. The zero-order chi connectivity index (χ0) is 29.6. The predicted octanol–water partition coefficient (Wildman–Crippen LogP) is 2.75. The summed E-state index contributed by atoms with van der Waals surface area (Å²) in [7, 11) is 0. The molecule has 2 aliphatic heterocycles. The van der Waals surface area contributed by atoms with Crippen molar-refractivity contribution in [3.63, 3.8) is 0 Å². The van der Waals surface area contributed by atoms with Gasteiger partial charge in [-0.1, -0.05) is 17.7 Å². The van der Waals surface area contributed by atoms with Crippen molar-refractivity contribution in [2.45, 2.75) is 43.6 Å². The highest BCUT2D eigenvalue weighted by atomic mass is 35.5. The van der Waals surface area contributed by atoms with Crippen molar-refractivity contribution < 1.29 is 48.0 Å². The molecule has 5 N–H and O–H groups in total. The van der Waals surface area contributed by atoms with Gasteiger partial charge in [0.2, 0.25) is 0 Å². The quantitative estimate of drug-likeness (QED) is 0.344. The second-order valence-corrected chi connectivity index (χ2v) is 9.94. The average Bonchev–Trinajstić information content (AvgIpc) is 3.25. The molecule has 0 aromatic heterocycles. The molecule has 2 heterocycles. The summed E-state index contributed by atoms with van der Waals surface area (Å²) >= 11 is 5.91. The van der Waals surface area contributed by atoms with Crippen LogP contribution >= 0.6 is 11.6 Å². The summed E-state index contributed by atoms with van der Waals surface area (Å²) in [5, 5.41) is 41.0. The third-order valence-corrected chi connectivity index (χ3v) is 6.86. The molecule has 2 atom stereocenters. The van der Waals surface area contributed by atoms with Gasteiger partial charge in [0.05, 0.1) is 18.6 Å². The highest BCUT2D eigenvalue weighted by Gasteiger charge is 2.38. The van der Waals surface area contributed by atoms with E-state index in [0.29, 0.717) is 48.0 Å². The number of carboxylic acid groups (broad SMARTS) is 2. The highest BCUT2D eigenvalue weighted by Crippen LogP contribution is 2.30. The van der Waals surface area contributed by atoms with E-state index in [1.54, 1.807) is 36.4 Å². The van der Waals surface area contributed by atoms with Crippen LogP contribution in [0.4, 0.5) is 18.9 Å². The lowest BCUT2D eigenvalue weighted by Gasteiger charge is -2.34. The van der Waals surface area contributed by atoms with E-state index in [-0.39, 0.29) is 30.2 Å². The van der Waals surface area contributed by atoms with E-state index in [4.69, 9.17) is 21.5 Å². The number of phenolic OH excluding ortho intramolecular Hbond substituents is 1. The lowest BCUT2D eigenvalue weighted by molar-refractivity contribution is -0.192. The minimum absolute atomic E-state index is 0.00737. The van der Waals surface area contributed by atoms with Crippen LogP contribution < -0.4 is 10.2 Å². The lowest BCUT2D eigenvalue weighted by Crippen LogP contribution is -2.50. The van der Waals surface area contributed by atoms with Gasteiger partial charge in [-0.3, -0.25) is 9.59 Å². The maximum Gasteiger partial charge on any atom is 0.490 e. The Balaban J connectivity index is 0.000000559. The van der Waals surface area contributed by atoms with E-state index in [1.165, 1.54) is 6.07 Å². The Morgan fingerprint density at radius 2 is 1.60 bits per heavy atom. The Labute approximate surface area is 232 Å². The number of benzene rings is 2. The molecule has 2 aromatic carbocycles. The van der Waals surface area contributed by atoms with Gasteiger partial charge < -0.3 is 35.5 Å². The number of hydrogen-bond donors (Lipinski definition) is 5. The van der Waals surface area contributed by atoms with Gasteiger partial charge in [-0.25, -0.2) is 4.79 Å². The Morgan fingerprint density at radius 1 is 1.00 bits per heavy atom. The van der Waals surface area contributed by atoms with Gasteiger partial charge in [0.1, 0.15) is 5.75 Å². The highest BCUT2D eigenvalue weighted by molar-refractivity contribution is 6.30. The maximum absolute atomic E-state index is 12.7. The first-order valence-corrected chi connectivity index (χ1v) is 12.7. The first-order chi connectivity index (χ1) is 18.7. The zero-order valence-electron chi connectivity index (χ0n) is 21.1. The van der Waals surface area contributed by atoms with Crippen LogP contribution in [0, 0.1) is 0 Å². The number of aliphatic hydroxyl groups is 1. The number of likely N-dealkylation sites (tertiary alicyclic amines) is 1. The van der Waals surface area contributed by atoms with Gasteiger partial charge in [0, 0.05) is 54.6 Å². The fraction of sp³-hybridized carbons (Fsp3) is 0.423. The van der Waals surface area contributed by atoms with Crippen LogP contribution in [0.5, 0.6) is 5.75 Å². The number of alkyl halides is 3. The molecule has 2 aliphatic rings. The summed E-state index contributed by atoms with van der Waals surface area (Å²) in [4.78, 5) is 36.6. The standard InChI is InChI=1S/C24H28ClN3O5.C2HF3O2/c25-17-4-1-15(2-5-17)24(33)27-9-7-18(8-10-27)26-20-13-28(14-22(20)30)21-12-19(29)6-3-16(21)11-23(31)32;3-2(4,5)1(6)7/h1-6,12,18,20,22,26,29-30H,7-11,13-14H2,(H,31,32);(H,6,7)/t20?,22-;/m1./s1. The van der Waals surface area contributed by atoms with Crippen molar-refractivity contribution in [1.82, 2.24) is 10.2 Å². The molecule has 1 amide bonds. The molecule has 0 aliphatic carbocycles. The van der Waals surface area contributed by atoms with Crippen molar-refractivity contribution in [2.24, 2.45) is 0 Å². The molecule has 4 rings (SSSR count). The summed E-state index contributed by atoms with van der Waals surface area (Å²) in [6, 6.07) is 11.5. The van der Waals surface area contributed by atoms with Crippen molar-refractivity contribution in [1.29, 1.82) is 0 Å². The van der Waals surface area contributed by atoms with E-state index in [9.17, 15) is 38.1 Å². The summed E-state index contributed by atoms with van der Waals surface area (Å²) < 4.78 is 31.7. The van der Waals surface area contributed by atoms with Crippen LogP contribution in [-0.4, -0.2) is 93.7 Å². The summed E-state index contributed by atoms with van der Waals surface area (Å²) in [6.07, 6.45) is -4.31. The predicted molar refractivity (Wildman–Crippen MR) is 139 cm³/mol. The largest absolute Gasteiger partial charge is 0.508 e. The molecule has 40 heavy (non-hydrogen) atoms. The number of β-amino-alcohol motifs (C(OH)–C–C–N with tert-alkyl or cyclic N) is 1. The molecule has 14 heteroatoms. The molecule has 2 aromatic rings. The molecule has 2 fully saturated rings. The molecule has 1 unspecified atom stereocenters. The van der Waals surface area contributed by atoms with Gasteiger partial charge in [0.15, 0.2) is 0 Å². The molecular weight excluding hydrogens is 559 g/mol.